The lowest BCUT2D eigenvalue weighted by Crippen LogP contribution is -2.26. The standard InChI is InChI=1S/C14H19NO4/c1-4-7-18-12-8-10(5-6-11(12)17-3)14(2)9-15-13(16)19-14/h5-6,8H,4,7,9H2,1-3H3,(H,15,16)/t14-/m1/s1/i1D3,4D2,7D2. The van der Waals surface area contributed by atoms with Crippen molar-refractivity contribution in [3.8, 4) is 11.5 Å². The largest absolute Gasteiger partial charge is 0.493 e. The van der Waals surface area contributed by atoms with E-state index in [0.29, 0.717) is 5.56 Å². The van der Waals surface area contributed by atoms with Crippen molar-refractivity contribution in [2.75, 3.05) is 20.2 Å². The molecule has 0 saturated carbocycles. The molecule has 1 atom stereocenters. The van der Waals surface area contributed by atoms with Crippen molar-refractivity contribution in [2.24, 2.45) is 0 Å². The third kappa shape index (κ3) is 2.75. The molecule has 104 valence electrons. The summed E-state index contributed by atoms with van der Waals surface area (Å²) in [4.78, 5) is 11.3. The zero-order valence-electron chi connectivity index (χ0n) is 17.6. The van der Waals surface area contributed by atoms with Gasteiger partial charge in [-0.15, -0.1) is 0 Å². The van der Waals surface area contributed by atoms with Crippen molar-refractivity contribution < 1.29 is 28.6 Å². The Morgan fingerprint density at radius 1 is 1.58 bits per heavy atom. The van der Waals surface area contributed by atoms with Gasteiger partial charge in [-0.1, -0.05) is 12.9 Å². The van der Waals surface area contributed by atoms with Crippen LogP contribution in [0, 0.1) is 0 Å². The molecule has 1 N–H and O–H groups in total. The number of hydrogen-bond acceptors (Lipinski definition) is 4. The van der Waals surface area contributed by atoms with E-state index in [1.807, 2.05) is 0 Å². The number of cyclic esters (lactones) is 1. The summed E-state index contributed by atoms with van der Waals surface area (Å²) in [7, 11) is 1.30. The quantitative estimate of drug-likeness (QED) is 0.894. The van der Waals surface area contributed by atoms with E-state index in [1.165, 1.54) is 19.2 Å². The Balaban J connectivity index is 2.42. The lowest BCUT2D eigenvalue weighted by molar-refractivity contribution is 0.0701. The van der Waals surface area contributed by atoms with Crippen LogP contribution in [0.15, 0.2) is 18.2 Å². The van der Waals surface area contributed by atoms with Gasteiger partial charge < -0.3 is 19.5 Å². The highest BCUT2D eigenvalue weighted by Gasteiger charge is 2.37. The summed E-state index contributed by atoms with van der Waals surface area (Å²) in [6.07, 6.45) is -3.90. The Morgan fingerprint density at radius 3 is 3.05 bits per heavy atom. The Morgan fingerprint density at radius 2 is 2.42 bits per heavy atom. The number of carbonyl (C=O) groups excluding carboxylic acids is 1. The minimum Gasteiger partial charge on any atom is -0.493 e. The highest BCUT2D eigenvalue weighted by atomic mass is 16.6. The molecule has 1 aliphatic rings. The van der Waals surface area contributed by atoms with Crippen LogP contribution in [0.25, 0.3) is 0 Å². The molecule has 1 aromatic carbocycles. The Hall–Kier alpha value is -1.91. The van der Waals surface area contributed by atoms with Crippen LogP contribution in [-0.4, -0.2) is 26.3 Å². The molecule has 0 unspecified atom stereocenters. The molecule has 1 saturated heterocycles. The number of nitrogens with one attached hydrogen (secondary N) is 1. The minimum absolute atomic E-state index is 0.0693. The van der Waals surface area contributed by atoms with Crippen LogP contribution >= 0.6 is 0 Å². The molecule has 19 heavy (non-hydrogen) atoms. The number of amides is 1. The summed E-state index contributed by atoms with van der Waals surface area (Å²) in [5.41, 5.74) is -0.603. The molecule has 2 rings (SSSR count). The zero-order chi connectivity index (χ0) is 20.0. The number of alkyl carbamates (subject to hydrolysis) is 1. The number of rotatable bonds is 5. The van der Waals surface area contributed by atoms with Crippen LogP contribution in [0.4, 0.5) is 4.79 Å². The third-order valence-electron chi connectivity index (χ3n) is 2.87. The maximum Gasteiger partial charge on any atom is 0.408 e. The summed E-state index contributed by atoms with van der Waals surface area (Å²) < 4.78 is 68.0. The lowest BCUT2D eigenvalue weighted by atomic mass is 9.96. The summed E-state index contributed by atoms with van der Waals surface area (Å²) in [6.45, 7) is -4.64. The van der Waals surface area contributed by atoms with Gasteiger partial charge in [-0.05, 0) is 25.4 Å². The fraction of sp³-hybridized carbons (Fsp3) is 0.500. The monoisotopic (exact) mass is 272 g/mol. The first kappa shape index (κ1) is 7.03. The normalized spacial score (nSPS) is 29.4. The summed E-state index contributed by atoms with van der Waals surface area (Å²) >= 11 is 0. The molecule has 0 aromatic heterocycles. The van der Waals surface area contributed by atoms with Crippen molar-refractivity contribution in [2.45, 2.75) is 25.7 Å². The smallest absolute Gasteiger partial charge is 0.408 e. The van der Waals surface area contributed by atoms with Gasteiger partial charge in [0.15, 0.2) is 17.1 Å². The molecule has 1 fully saturated rings. The molecule has 0 spiro atoms. The van der Waals surface area contributed by atoms with Crippen LogP contribution in [0.3, 0.4) is 0 Å². The molecular formula is C14H19NO4. The Bertz CT molecular complexity index is 707. The second-order valence-electron chi connectivity index (χ2n) is 4.17. The fourth-order valence-corrected chi connectivity index (χ4v) is 1.84. The average Bonchev–Trinajstić information content (AvgIpc) is 2.86. The molecule has 0 bridgehead atoms. The molecule has 1 aromatic rings. The van der Waals surface area contributed by atoms with Gasteiger partial charge in [0, 0.05) is 12.4 Å². The van der Waals surface area contributed by atoms with Gasteiger partial charge >= 0.3 is 6.09 Å². The highest BCUT2D eigenvalue weighted by molar-refractivity contribution is 5.70. The van der Waals surface area contributed by atoms with Gasteiger partial charge in [-0.2, -0.15) is 0 Å². The lowest BCUT2D eigenvalue weighted by Gasteiger charge is -2.23. The first-order valence-electron chi connectivity index (χ1n) is 9.08. The zero-order valence-corrected chi connectivity index (χ0v) is 10.6. The molecule has 1 heterocycles. The summed E-state index contributed by atoms with van der Waals surface area (Å²) in [5, 5.41) is 2.51. The summed E-state index contributed by atoms with van der Waals surface area (Å²) in [5.74, 6) is -0.146. The van der Waals surface area contributed by atoms with Gasteiger partial charge in [0.25, 0.3) is 0 Å². The van der Waals surface area contributed by atoms with Crippen molar-refractivity contribution >= 4 is 6.09 Å². The van der Waals surface area contributed by atoms with Crippen LogP contribution < -0.4 is 14.8 Å². The van der Waals surface area contributed by atoms with E-state index >= 15 is 0 Å². The molecular weight excluding hydrogens is 246 g/mol. The van der Waals surface area contributed by atoms with Crippen LogP contribution in [0.2, 0.25) is 0 Å². The van der Waals surface area contributed by atoms with E-state index in [4.69, 9.17) is 23.8 Å². The van der Waals surface area contributed by atoms with Crippen molar-refractivity contribution in [1.82, 2.24) is 5.32 Å². The fourth-order valence-electron chi connectivity index (χ4n) is 1.84. The van der Waals surface area contributed by atoms with Gasteiger partial charge in [0.2, 0.25) is 0 Å². The van der Waals surface area contributed by atoms with E-state index in [0.717, 1.165) is 0 Å². The van der Waals surface area contributed by atoms with Gasteiger partial charge in [-0.25, -0.2) is 4.79 Å². The first-order valence-corrected chi connectivity index (χ1v) is 5.58. The van der Waals surface area contributed by atoms with Crippen LogP contribution in [0.5, 0.6) is 11.5 Å². The summed E-state index contributed by atoms with van der Waals surface area (Å²) in [6, 6.07) is 4.34. The SMILES string of the molecule is [2H]C([2H])([2H])C([2H])([2H])C([2H])([2H])Oc1cc([C@@]2(C)CNC(=O)O2)ccc1OC. The van der Waals surface area contributed by atoms with Crippen LogP contribution in [-0.2, 0) is 10.3 Å². The predicted molar refractivity (Wildman–Crippen MR) is 70.6 cm³/mol. The highest BCUT2D eigenvalue weighted by Crippen LogP contribution is 2.35. The second kappa shape index (κ2) is 5.38. The average molecular weight is 272 g/mol. The number of ether oxygens (including phenoxy) is 3. The molecule has 0 radical (unpaired) electrons. The maximum atomic E-state index is 11.3. The van der Waals surface area contributed by atoms with E-state index < -0.39 is 31.5 Å². The number of carbonyl (C=O) groups is 1. The predicted octanol–water partition coefficient (Wildman–Crippen LogP) is 2.44. The molecule has 0 aliphatic carbocycles. The van der Waals surface area contributed by atoms with Crippen LogP contribution in [0.1, 0.15) is 35.3 Å². The van der Waals surface area contributed by atoms with E-state index in [-0.39, 0.29) is 18.0 Å². The van der Waals surface area contributed by atoms with E-state index in [1.54, 1.807) is 13.0 Å². The van der Waals surface area contributed by atoms with Crippen molar-refractivity contribution in [1.29, 1.82) is 0 Å². The molecule has 1 aliphatic heterocycles. The minimum atomic E-state index is -3.29. The maximum absolute atomic E-state index is 11.3. The Labute approximate surface area is 122 Å². The molecule has 5 nitrogen and oxygen atoms in total. The number of methoxy groups -OCH3 is 1. The Kier molecular flexibility index (Phi) is 1.99. The number of benzene rings is 1. The van der Waals surface area contributed by atoms with Gasteiger partial charge in [-0.3, -0.25) is 0 Å². The van der Waals surface area contributed by atoms with E-state index in [2.05, 4.69) is 5.32 Å². The molecule has 1 amide bonds. The molecule has 5 heteroatoms. The second-order valence-corrected chi connectivity index (χ2v) is 4.17. The first-order chi connectivity index (χ1) is 11.7. The van der Waals surface area contributed by atoms with Crippen molar-refractivity contribution in [3.63, 3.8) is 0 Å². The van der Waals surface area contributed by atoms with Crippen molar-refractivity contribution in [3.05, 3.63) is 23.8 Å². The van der Waals surface area contributed by atoms with Gasteiger partial charge in [0.05, 0.1) is 23.0 Å². The van der Waals surface area contributed by atoms with Gasteiger partial charge in [0.1, 0.15) is 0 Å². The topological polar surface area (TPSA) is 56.8 Å². The van der Waals surface area contributed by atoms with E-state index in [9.17, 15) is 4.79 Å². The third-order valence-corrected chi connectivity index (χ3v) is 2.87. The number of hydrogen-bond donors (Lipinski definition) is 1.